The minimum absolute atomic E-state index is 0. The van der Waals surface area contributed by atoms with Gasteiger partial charge in [0, 0.05) is 32.7 Å². The number of hydrogen-bond acceptors (Lipinski definition) is 4. The molecular formula is C22H32Cl2N4O2. The van der Waals surface area contributed by atoms with Crippen LogP contribution in [0.5, 0.6) is 0 Å². The van der Waals surface area contributed by atoms with Crippen LogP contribution in [-0.2, 0) is 9.59 Å². The molecule has 4 atom stereocenters. The molecule has 1 aromatic carbocycles. The Morgan fingerprint density at radius 1 is 1.07 bits per heavy atom. The first-order valence-corrected chi connectivity index (χ1v) is 11.2. The van der Waals surface area contributed by atoms with Crippen molar-refractivity contribution >= 4 is 41.5 Å². The van der Waals surface area contributed by atoms with E-state index in [1.807, 2.05) is 18.2 Å². The molecule has 6 nitrogen and oxygen atoms in total. The van der Waals surface area contributed by atoms with E-state index in [2.05, 4.69) is 21.2 Å². The van der Waals surface area contributed by atoms with Gasteiger partial charge in [-0.1, -0.05) is 23.7 Å². The molecule has 2 bridgehead atoms. The highest BCUT2D eigenvalue weighted by molar-refractivity contribution is 6.33. The molecule has 3 aliphatic rings. The Kier molecular flexibility index (Phi) is 7.88. The number of nitrogens with two attached hydrogens (primary N) is 1. The first-order valence-electron chi connectivity index (χ1n) is 10.8. The van der Waals surface area contributed by atoms with Gasteiger partial charge in [0.15, 0.2) is 0 Å². The zero-order chi connectivity index (χ0) is 20.4. The Morgan fingerprint density at radius 3 is 2.40 bits per heavy atom. The highest BCUT2D eigenvalue weighted by atomic mass is 35.5. The summed E-state index contributed by atoms with van der Waals surface area (Å²) in [4.78, 5) is 29.3. The van der Waals surface area contributed by atoms with E-state index in [0.717, 1.165) is 69.1 Å². The van der Waals surface area contributed by atoms with Crippen LogP contribution in [0.4, 0.5) is 5.69 Å². The van der Waals surface area contributed by atoms with Crippen LogP contribution in [0, 0.1) is 23.7 Å². The van der Waals surface area contributed by atoms with Crippen molar-refractivity contribution in [2.75, 3.05) is 44.2 Å². The molecule has 1 aromatic rings. The average Bonchev–Trinajstić information content (AvgIpc) is 3.34. The summed E-state index contributed by atoms with van der Waals surface area (Å²) in [6.07, 6.45) is 4.01. The van der Waals surface area contributed by atoms with Crippen LogP contribution in [0.1, 0.15) is 25.7 Å². The molecule has 2 aliphatic carbocycles. The van der Waals surface area contributed by atoms with Crippen LogP contribution in [0.3, 0.4) is 0 Å². The standard InChI is InChI=1S/C22H31ClN4O2.ClH/c23-17-4-1-2-5-18(17)27-12-10-26(11-13-27)9-3-8-25-22(29)20-16-7-6-15(14-16)19(20)21(24)28;/h1-2,4-5,15-16,19-20H,3,6-14H2,(H2,24,28)(H,25,29);1H. The largest absolute Gasteiger partial charge is 0.369 e. The lowest BCUT2D eigenvalue weighted by atomic mass is 9.78. The molecule has 3 N–H and O–H groups in total. The smallest absolute Gasteiger partial charge is 0.224 e. The van der Waals surface area contributed by atoms with Gasteiger partial charge in [0.2, 0.25) is 11.8 Å². The summed E-state index contributed by atoms with van der Waals surface area (Å²) in [6.45, 7) is 5.53. The highest BCUT2D eigenvalue weighted by Crippen LogP contribution is 2.52. The number of nitrogens with one attached hydrogen (secondary N) is 1. The third kappa shape index (κ3) is 4.87. The molecule has 4 rings (SSSR count). The number of primary amides is 1. The maximum absolute atomic E-state index is 12.7. The van der Waals surface area contributed by atoms with Gasteiger partial charge in [0.1, 0.15) is 0 Å². The topological polar surface area (TPSA) is 78.7 Å². The molecule has 3 fully saturated rings. The van der Waals surface area contributed by atoms with E-state index < -0.39 is 0 Å². The summed E-state index contributed by atoms with van der Waals surface area (Å²) in [7, 11) is 0. The molecule has 2 saturated carbocycles. The van der Waals surface area contributed by atoms with E-state index >= 15 is 0 Å². The van der Waals surface area contributed by atoms with Crippen LogP contribution in [0.25, 0.3) is 0 Å². The van der Waals surface area contributed by atoms with Gasteiger partial charge in [-0.25, -0.2) is 0 Å². The SMILES string of the molecule is Cl.NC(=O)C1C2CCC(C2)C1C(=O)NCCCN1CCN(c2ccccc2Cl)CC1. The molecule has 1 heterocycles. The number of benzene rings is 1. The molecular weight excluding hydrogens is 423 g/mol. The van der Waals surface area contributed by atoms with Gasteiger partial charge in [-0.3, -0.25) is 14.5 Å². The second-order valence-corrected chi connectivity index (χ2v) is 9.12. The van der Waals surface area contributed by atoms with Crippen molar-refractivity contribution < 1.29 is 9.59 Å². The summed E-state index contributed by atoms with van der Waals surface area (Å²) in [5.41, 5.74) is 6.70. The Morgan fingerprint density at radius 2 is 1.73 bits per heavy atom. The summed E-state index contributed by atoms with van der Waals surface area (Å²) < 4.78 is 0. The number of rotatable bonds is 7. The Bertz CT molecular complexity index is 754. The van der Waals surface area contributed by atoms with Crippen LogP contribution in [0.15, 0.2) is 24.3 Å². The van der Waals surface area contributed by atoms with Gasteiger partial charge < -0.3 is 16.0 Å². The number of piperazine rings is 1. The van der Waals surface area contributed by atoms with Gasteiger partial charge in [-0.05, 0) is 56.2 Å². The predicted molar refractivity (Wildman–Crippen MR) is 122 cm³/mol. The number of fused-ring (bicyclic) bond motifs is 2. The summed E-state index contributed by atoms with van der Waals surface area (Å²) >= 11 is 6.31. The fourth-order valence-electron chi connectivity index (χ4n) is 5.63. The quantitative estimate of drug-likeness (QED) is 0.620. The van der Waals surface area contributed by atoms with E-state index in [1.165, 1.54) is 0 Å². The van der Waals surface area contributed by atoms with Crippen molar-refractivity contribution in [1.29, 1.82) is 0 Å². The van der Waals surface area contributed by atoms with Crippen molar-refractivity contribution in [3.63, 3.8) is 0 Å². The van der Waals surface area contributed by atoms with Gasteiger partial charge in [0.25, 0.3) is 0 Å². The van der Waals surface area contributed by atoms with Gasteiger partial charge in [0.05, 0.1) is 22.5 Å². The lowest BCUT2D eigenvalue weighted by Gasteiger charge is -2.36. The van der Waals surface area contributed by atoms with Gasteiger partial charge >= 0.3 is 0 Å². The minimum Gasteiger partial charge on any atom is -0.369 e. The maximum atomic E-state index is 12.7. The second kappa shape index (κ2) is 10.2. The molecule has 0 radical (unpaired) electrons. The van der Waals surface area contributed by atoms with E-state index in [9.17, 15) is 9.59 Å². The first kappa shape index (κ1) is 23.2. The number of anilines is 1. The number of carbonyl (C=O) groups is 2. The number of para-hydroxylation sites is 1. The average molecular weight is 455 g/mol. The van der Waals surface area contributed by atoms with Crippen molar-refractivity contribution in [3.8, 4) is 0 Å². The Hall–Kier alpha value is -1.50. The fourth-order valence-corrected chi connectivity index (χ4v) is 5.89. The molecule has 166 valence electrons. The van der Waals surface area contributed by atoms with Crippen LogP contribution in [0.2, 0.25) is 5.02 Å². The number of carbonyl (C=O) groups excluding carboxylic acids is 2. The zero-order valence-electron chi connectivity index (χ0n) is 17.3. The summed E-state index contributed by atoms with van der Waals surface area (Å²) in [6, 6.07) is 7.99. The molecule has 1 aliphatic heterocycles. The summed E-state index contributed by atoms with van der Waals surface area (Å²) in [5.74, 6) is -0.0617. The monoisotopic (exact) mass is 454 g/mol. The molecule has 1 saturated heterocycles. The normalized spacial score (nSPS) is 28.2. The van der Waals surface area contributed by atoms with E-state index in [-0.39, 0.29) is 36.1 Å². The van der Waals surface area contributed by atoms with E-state index in [0.29, 0.717) is 18.4 Å². The third-order valence-electron chi connectivity index (χ3n) is 7.06. The van der Waals surface area contributed by atoms with Crippen molar-refractivity contribution in [2.45, 2.75) is 25.7 Å². The third-order valence-corrected chi connectivity index (χ3v) is 7.38. The van der Waals surface area contributed by atoms with Crippen LogP contribution >= 0.6 is 24.0 Å². The highest BCUT2D eigenvalue weighted by Gasteiger charge is 2.53. The van der Waals surface area contributed by atoms with Crippen LogP contribution < -0.4 is 16.0 Å². The molecule has 0 spiro atoms. The summed E-state index contributed by atoms with van der Waals surface area (Å²) in [5, 5.41) is 3.88. The molecule has 0 aromatic heterocycles. The molecule has 30 heavy (non-hydrogen) atoms. The van der Waals surface area contributed by atoms with Crippen molar-refractivity contribution in [2.24, 2.45) is 29.4 Å². The number of halogens is 2. The molecule has 4 unspecified atom stereocenters. The van der Waals surface area contributed by atoms with Crippen molar-refractivity contribution in [1.82, 2.24) is 10.2 Å². The lowest BCUT2D eigenvalue weighted by Crippen LogP contribution is -2.47. The lowest BCUT2D eigenvalue weighted by molar-refractivity contribution is -0.135. The van der Waals surface area contributed by atoms with E-state index in [4.69, 9.17) is 17.3 Å². The molecule has 2 amide bonds. The maximum Gasteiger partial charge on any atom is 0.224 e. The minimum atomic E-state index is -0.297. The number of nitrogens with zero attached hydrogens (tertiary/aromatic N) is 2. The van der Waals surface area contributed by atoms with Crippen molar-refractivity contribution in [3.05, 3.63) is 29.3 Å². The zero-order valence-corrected chi connectivity index (χ0v) is 18.8. The number of hydrogen-bond donors (Lipinski definition) is 2. The fraction of sp³-hybridized carbons (Fsp3) is 0.636. The number of amides is 2. The van der Waals surface area contributed by atoms with Crippen LogP contribution in [-0.4, -0.2) is 56.0 Å². The Balaban J connectivity index is 0.00000256. The van der Waals surface area contributed by atoms with E-state index in [1.54, 1.807) is 0 Å². The van der Waals surface area contributed by atoms with Gasteiger partial charge in [-0.2, -0.15) is 0 Å². The molecule has 8 heteroatoms. The Labute approximate surface area is 189 Å². The predicted octanol–water partition coefficient (Wildman–Crippen LogP) is 2.54. The first-order chi connectivity index (χ1) is 14.0. The second-order valence-electron chi connectivity index (χ2n) is 8.71. The van der Waals surface area contributed by atoms with Gasteiger partial charge in [-0.15, -0.1) is 12.4 Å².